The Kier molecular flexibility index (Phi) is 5.78. The Hall–Kier alpha value is -1.42. The van der Waals surface area contributed by atoms with Crippen LogP contribution >= 0.6 is 0 Å². The van der Waals surface area contributed by atoms with E-state index in [0.29, 0.717) is 12.3 Å². The van der Waals surface area contributed by atoms with Crippen molar-refractivity contribution in [2.45, 2.75) is 39.8 Å². The highest BCUT2D eigenvalue weighted by Crippen LogP contribution is 2.24. The van der Waals surface area contributed by atoms with Crippen LogP contribution in [0.3, 0.4) is 0 Å². The Labute approximate surface area is 109 Å². The Morgan fingerprint density at radius 3 is 2.56 bits per heavy atom. The largest absolute Gasteiger partial charge is 0.491 e. The number of benzene rings is 1. The van der Waals surface area contributed by atoms with Gasteiger partial charge in [-0.05, 0) is 33.8 Å². The van der Waals surface area contributed by atoms with Gasteiger partial charge in [0.15, 0.2) is 0 Å². The van der Waals surface area contributed by atoms with Crippen LogP contribution in [0.4, 0.5) is 11.4 Å². The van der Waals surface area contributed by atoms with E-state index in [0.717, 1.165) is 18.0 Å². The minimum atomic E-state index is 0.139. The molecule has 102 valence electrons. The minimum Gasteiger partial charge on any atom is -0.491 e. The number of ether oxygens (including phenoxy) is 2. The van der Waals surface area contributed by atoms with Gasteiger partial charge in [-0.2, -0.15) is 0 Å². The van der Waals surface area contributed by atoms with Crippen molar-refractivity contribution in [2.24, 2.45) is 0 Å². The molecule has 0 aliphatic rings. The molecule has 0 aromatic heterocycles. The van der Waals surface area contributed by atoms with Crippen molar-refractivity contribution in [2.75, 3.05) is 24.3 Å². The number of nitrogens with one attached hydrogen (secondary N) is 1. The van der Waals surface area contributed by atoms with Crippen LogP contribution in [0.25, 0.3) is 0 Å². The molecule has 0 aliphatic heterocycles. The standard InChI is InChI=1S/C14H24N2O2/c1-5-17-9-11(4)16-13-6-12(15)7-14(8-13)18-10(2)3/h6-8,10-11,16H,5,9,15H2,1-4H3. The molecule has 0 radical (unpaired) electrons. The first kappa shape index (κ1) is 14.6. The second-order valence-corrected chi connectivity index (χ2v) is 4.66. The summed E-state index contributed by atoms with van der Waals surface area (Å²) in [5, 5.41) is 3.35. The zero-order valence-electron chi connectivity index (χ0n) is 11.7. The van der Waals surface area contributed by atoms with Gasteiger partial charge in [-0.15, -0.1) is 0 Å². The first-order valence-electron chi connectivity index (χ1n) is 6.42. The van der Waals surface area contributed by atoms with Crippen molar-refractivity contribution in [3.63, 3.8) is 0 Å². The van der Waals surface area contributed by atoms with E-state index >= 15 is 0 Å². The molecule has 4 heteroatoms. The maximum atomic E-state index is 5.86. The summed E-state index contributed by atoms with van der Waals surface area (Å²) in [5.74, 6) is 0.788. The molecular formula is C14H24N2O2. The lowest BCUT2D eigenvalue weighted by molar-refractivity contribution is 0.141. The van der Waals surface area contributed by atoms with E-state index in [4.69, 9.17) is 15.2 Å². The van der Waals surface area contributed by atoms with Crippen molar-refractivity contribution in [1.82, 2.24) is 0 Å². The summed E-state index contributed by atoms with van der Waals surface area (Å²) in [5.41, 5.74) is 7.51. The molecule has 1 unspecified atom stereocenters. The Morgan fingerprint density at radius 1 is 1.22 bits per heavy atom. The summed E-state index contributed by atoms with van der Waals surface area (Å²) in [7, 11) is 0. The minimum absolute atomic E-state index is 0.139. The SMILES string of the molecule is CCOCC(C)Nc1cc(N)cc(OC(C)C)c1. The predicted molar refractivity (Wildman–Crippen MR) is 76.2 cm³/mol. The Bertz CT molecular complexity index is 367. The normalized spacial score (nSPS) is 12.5. The molecule has 3 N–H and O–H groups in total. The van der Waals surface area contributed by atoms with E-state index in [9.17, 15) is 0 Å². The lowest BCUT2D eigenvalue weighted by Crippen LogP contribution is -2.21. The molecule has 0 spiro atoms. The fraction of sp³-hybridized carbons (Fsp3) is 0.571. The van der Waals surface area contributed by atoms with E-state index in [-0.39, 0.29) is 12.1 Å². The fourth-order valence-electron chi connectivity index (χ4n) is 1.67. The summed E-state index contributed by atoms with van der Waals surface area (Å²) in [4.78, 5) is 0. The van der Waals surface area contributed by atoms with Gasteiger partial charge in [0, 0.05) is 36.2 Å². The van der Waals surface area contributed by atoms with Crippen molar-refractivity contribution in [3.05, 3.63) is 18.2 Å². The van der Waals surface area contributed by atoms with Crippen LogP contribution in [0.1, 0.15) is 27.7 Å². The van der Waals surface area contributed by atoms with Crippen LogP contribution in [-0.4, -0.2) is 25.4 Å². The highest BCUT2D eigenvalue weighted by atomic mass is 16.5. The summed E-state index contributed by atoms with van der Waals surface area (Å²) >= 11 is 0. The van der Waals surface area contributed by atoms with E-state index in [2.05, 4.69) is 12.2 Å². The first-order valence-corrected chi connectivity index (χ1v) is 6.42. The summed E-state index contributed by atoms with van der Waals surface area (Å²) < 4.78 is 11.0. The average Bonchev–Trinajstić information content (AvgIpc) is 2.24. The van der Waals surface area contributed by atoms with Gasteiger partial charge in [0.2, 0.25) is 0 Å². The molecule has 1 rings (SSSR count). The van der Waals surface area contributed by atoms with Gasteiger partial charge in [0.05, 0.1) is 12.7 Å². The second kappa shape index (κ2) is 7.11. The number of hydrogen-bond donors (Lipinski definition) is 2. The second-order valence-electron chi connectivity index (χ2n) is 4.66. The molecule has 0 saturated heterocycles. The number of nitrogens with two attached hydrogens (primary N) is 1. The van der Waals surface area contributed by atoms with Gasteiger partial charge >= 0.3 is 0 Å². The van der Waals surface area contributed by atoms with Crippen LogP contribution in [-0.2, 0) is 4.74 Å². The van der Waals surface area contributed by atoms with E-state index in [1.807, 2.05) is 39.0 Å². The van der Waals surface area contributed by atoms with Crippen LogP contribution in [0.5, 0.6) is 5.75 Å². The number of rotatable bonds is 7. The molecule has 0 saturated carbocycles. The van der Waals surface area contributed by atoms with Gasteiger partial charge in [0.1, 0.15) is 5.75 Å². The summed E-state index contributed by atoms with van der Waals surface area (Å²) in [6.07, 6.45) is 0.139. The maximum Gasteiger partial charge on any atom is 0.123 e. The van der Waals surface area contributed by atoms with Gasteiger partial charge in [-0.3, -0.25) is 0 Å². The van der Waals surface area contributed by atoms with Crippen molar-refractivity contribution < 1.29 is 9.47 Å². The van der Waals surface area contributed by atoms with Crippen molar-refractivity contribution in [1.29, 1.82) is 0 Å². The number of hydrogen-bond acceptors (Lipinski definition) is 4. The van der Waals surface area contributed by atoms with Crippen LogP contribution in [0.15, 0.2) is 18.2 Å². The molecule has 0 heterocycles. The molecule has 0 amide bonds. The molecule has 0 bridgehead atoms. The smallest absolute Gasteiger partial charge is 0.123 e. The van der Waals surface area contributed by atoms with Gasteiger partial charge in [0.25, 0.3) is 0 Å². The van der Waals surface area contributed by atoms with Crippen molar-refractivity contribution >= 4 is 11.4 Å². The third-order valence-electron chi connectivity index (χ3n) is 2.29. The fourth-order valence-corrected chi connectivity index (χ4v) is 1.67. The zero-order valence-corrected chi connectivity index (χ0v) is 11.7. The molecule has 0 aliphatic carbocycles. The van der Waals surface area contributed by atoms with E-state index < -0.39 is 0 Å². The molecule has 18 heavy (non-hydrogen) atoms. The number of anilines is 2. The molecular weight excluding hydrogens is 228 g/mol. The highest BCUT2D eigenvalue weighted by molar-refractivity contribution is 5.59. The molecule has 0 fully saturated rings. The van der Waals surface area contributed by atoms with Crippen LogP contribution in [0.2, 0.25) is 0 Å². The highest BCUT2D eigenvalue weighted by Gasteiger charge is 2.05. The van der Waals surface area contributed by atoms with E-state index in [1.165, 1.54) is 0 Å². The third kappa shape index (κ3) is 5.27. The maximum absolute atomic E-state index is 5.86. The molecule has 1 aromatic rings. The summed E-state index contributed by atoms with van der Waals surface area (Å²) in [6.45, 7) is 9.45. The molecule has 4 nitrogen and oxygen atoms in total. The van der Waals surface area contributed by atoms with Gasteiger partial charge in [-0.25, -0.2) is 0 Å². The topological polar surface area (TPSA) is 56.5 Å². The van der Waals surface area contributed by atoms with Crippen molar-refractivity contribution in [3.8, 4) is 5.75 Å². The first-order chi connectivity index (χ1) is 8.51. The van der Waals surface area contributed by atoms with Gasteiger partial charge in [-0.1, -0.05) is 0 Å². The quantitative estimate of drug-likeness (QED) is 0.733. The zero-order chi connectivity index (χ0) is 13.5. The van der Waals surface area contributed by atoms with Crippen LogP contribution < -0.4 is 15.8 Å². The molecule has 1 aromatic carbocycles. The van der Waals surface area contributed by atoms with E-state index in [1.54, 1.807) is 0 Å². The third-order valence-corrected chi connectivity index (χ3v) is 2.29. The Morgan fingerprint density at radius 2 is 1.94 bits per heavy atom. The number of nitrogen functional groups attached to an aromatic ring is 1. The van der Waals surface area contributed by atoms with Gasteiger partial charge < -0.3 is 20.5 Å². The van der Waals surface area contributed by atoms with Crippen LogP contribution in [0, 0.1) is 0 Å². The molecule has 1 atom stereocenters. The predicted octanol–water partition coefficient (Wildman–Crippen LogP) is 2.89. The lowest BCUT2D eigenvalue weighted by Gasteiger charge is -2.17. The Balaban J connectivity index is 2.67. The summed E-state index contributed by atoms with van der Waals surface area (Å²) in [6, 6.07) is 5.92. The lowest BCUT2D eigenvalue weighted by atomic mass is 10.2. The monoisotopic (exact) mass is 252 g/mol. The average molecular weight is 252 g/mol.